The Morgan fingerprint density at radius 3 is 2.88 bits per heavy atom. The van der Waals surface area contributed by atoms with Crippen molar-refractivity contribution in [2.75, 3.05) is 19.6 Å². The van der Waals surface area contributed by atoms with Gasteiger partial charge >= 0.3 is 0 Å². The first-order valence-corrected chi connectivity index (χ1v) is 9.36. The molecule has 0 saturated carbocycles. The number of nitrogens with zero attached hydrogens (tertiary/aromatic N) is 2. The Morgan fingerprint density at radius 2 is 2.16 bits per heavy atom. The zero-order valence-electron chi connectivity index (χ0n) is 14.3. The van der Waals surface area contributed by atoms with E-state index in [-0.39, 0.29) is 5.91 Å². The summed E-state index contributed by atoms with van der Waals surface area (Å²) >= 11 is 12.1. The Kier molecular flexibility index (Phi) is 6.05. The molecule has 0 spiro atoms. The van der Waals surface area contributed by atoms with Crippen LogP contribution in [0.1, 0.15) is 30.1 Å². The number of rotatable bonds is 6. The monoisotopic (exact) mass is 379 g/mol. The van der Waals surface area contributed by atoms with E-state index in [0.717, 1.165) is 24.9 Å². The molecule has 1 amide bonds. The van der Waals surface area contributed by atoms with Crippen LogP contribution < -0.4 is 5.32 Å². The smallest absolute Gasteiger partial charge is 0.234 e. The molecule has 134 valence electrons. The van der Waals surface area contributed by atoms with E-state index in [0.29, 0.717) is 35.6 Å². The van der Waals surface area contributed by atoms with Gasteiger partial charge in [0.25, 0.3) is 0 Å². The van der Waals surface area contributed by atoms with Crippen LogP contribution in [0.15, 0.2) is 36.5 Å². The first-order valence-electron chi connectivity index (χ1n) is 8.60. The van der Waals surface area contributed by atoms with Gasteiger partial charge in [-0.15, -0.1) is 0 Å². The average Bonchev–Trinajstić information content (AvgIpc) is 3.18. The second-order valence-corrected chi connectivity index (χ2v) is 7.35. The first-order chi connectivity index (χ1) is 12.0. The highest BCUT2D eigenvalue weighted by atomic mass is 35.5. The lowest BCUT2D eigenvalue weighted by Crippen LogP contribution is -2.38. The normalized spacial score (nSPS) is 17.8. The number of hydrogen-bond donors (Lipinski definition) is 1. The molecule has 2 heterocycles. The van der Waals surface area contributed by atoms with E-state index in [1.807, 2.05) is 12.1 Å². The Hall–Kier alpha value is -1.49. The molecule has 1 aliphatic heterocycles. The summed E-state index contributed by atoms with van der Waals surface area (Å²) in [4.78, 5) is 14.6. The van der Waals surface area contributed by atoms with Crippen molar-refractivity contribution < 1.29 is 4.79 Å². The molecule has 6 heteroatoms. The van der Waals surface area contributed by atoms with E-state index in [9.17, 15) is 4.79 Å². The lowest BCUT2D eigenvalue weighted by molar-refractivity contribution is -0.122. The van der Waals surface area contributed by atoms with E-state index in [2.05, 4.69) is 40.2 Å². The van der Waals surface area contributed by atoms with E-state index in [1.54, 1.807) is 6.07 Å². The molecular formula is C19H23Cl2N3O. The number of amides is 1. The van der Waals surface area contributed by atoms with Gasteiger partial charge in [-0.1, -0.05) is 29.3 Å². The van der Waals surface area contributed by atoms with Crippen molar-refractivity contribution in [3.05, 3.63) is 57.8 Å². The molecule has 25 heavy (non-hydrogen) atoms. The molecule has 0 radical (unpaired) electrons. The zero-order chi connectivity index (χ0) is 17.8. The largest absolute Gasteiger partial charge is 0.355 e. The Balaban J connectivity index is 1.50. The van der Waals surface area contributed by atoms with Gasteiger partial charge in [0.2, 0.25) is 5.91 Å². The Labute approximate surface area is 158 Å². The van der Waals surface area contributed by atoms with Crippen LogP contribution in [0.2, 0.25) is 10.0 Å². The maximum absolute atomic E-state index is 12.3. The maximum atomic E-state index is 12.3. The van der Waals surface area contributed by atoms with E-state index >= 15 is 0 Å². The van der Waals surface area contributed by atoms with Crippen molar-refractivity contribution in [2.24, 2.45) is 7.05 Å². The average molecular weight is 380 g/mol. The Bertz CT molecular complexity index is 744. The van der Waals surface area contributed by atoms with Crippen LogP contribution in [-0.4, -0.2) is 35.0 Å². The fourth-order valence-electron chi connectivity index (χ4n) is 3.47. The minimum atomic E-state index is 0.0613. The molecule has 1 fully saturated rings. The van der Waals surface area contributed by atoms with Gasteiger partial charge in [0, 0.05) is 35.5 Å². The number of aromatic nitrogens is 1. The van der Waals surface area contributed by atoms with Gasteiger partial charge in [-0.05, 0) is 55.6 Å². The third kappa shape index (κ3) is 4.57. The molecule has 0 unspecified atom stereocenters. The SMILES string of the molecule is Cn1cccc1[C@@H]1CCCN1CC(=O)NCCc1ccc(Cl)cc1Cl. The van der Waals surface area contributed by atoms with Crippen LogP contribution in [0, 0.1) is 0 Å². The quantitative estimate of drug-likeness (QED) is 0.827. The van der Waals surface area contributed by atoms with Gasteiger partial charge in [0.1, 0.15) is 0 Å². The number of carbonyl (C=O) groups excluding carboxylic acids is 1. The second kappa shape index (κ2) is 8.26. The summed E-state index contributed by atoms with van der Waals surface area (Å²) in [6.07, 6.45) is 4.99. The third-order valence-electron chi connectivity index (χ3n) is 4.77. The minimum absolute atomic E-state index is 0.0613. The molecule has 1 aliphatic rings. The summed E-state index contributed by atoms with van der Waals surface area (Å²) in [6, 6.07) is 9.98. The molecule has 1 saturated heterocycles. The highest BCUT2D eigenvalue weighted by Crippen LogP contribution is 2.31. The molecule has 1 aromatic heterocycles. The lowest BCUT2D eigenvalue weighted by atomic mass is 10.1. The number of aryl methyl sites for hydroxylation is 1. The van der Waals surface area contributed by atoms with Crippen molar-refractivity contribution in [3.8, 4) is 0 Å². The third-order valence-corrected chi connectivity index (χ3v) is 5.35. The van der Waals surface area contributed by atoms with Gasteiger partial charge < -0.3 is 9.88 Å². The fourth-order valence-corrected chi connectivity index (χ4v) is 3.98. The van der Waals surface area contributed by atoms with Crippen molar-refractivity contribution in [2.45, 2.75) is 25.3 Å². The van der Waals surface area contributed by atoms with E-state index in [4.69, 9.17) is 23.2 Å². The van der Waals surface area contributed by atoms with Crippen LogP contribution in [0.25, 0.3) is 0 Å². The predicted octanol–water partition coefficient (Wildman–Crippen LogP) is 3.83. The molecule has 4 nitrogen and oxygen atoms in total. The van der Waals surface area contributed by atoms with Gasteiger partial charge in [0.05, 0.1) is 12.6 Å². The fraction of sp³-hybridized carbons (Fsp3) is 0.421. The van der Waals surface area contributed by atoms with Crippen LogP contribution in [-0.2, 0) is 18.3 Å². The topological polar surface area (TPSA) is 37.3 Å². The lowest BCUT2D eigenvalue weighted by Gasteiger charge is -2.24. The predicted molar refractivity (Wildman–Crippen MR) is 102 cm³/mol. The summed E-state index contributed by atoms with van der Waals surface area (Å²) in [6.45, 7) is 1.97. The van der Waals surface area contributed by atoms with Gasteiger partial charge in [0.15, 0.2) is 0 Å². The number of hydrogen-bond acceptors (Lipinski definition) is 2. The molecule has 1 aromatic carbocycles. The number of benzene rings is 1. The summed E-state index contributed by atoms with van der Waals surface area (Å²) < 4.78 is 2.14. The van der Waals surface area contributed by atoms with Gasteiger partial charge in [-0.25, -0.2) is 0 Å². The van der Waals surface area contributed by atoms with Crippen molar-refractivity contribution in [1.29, 1.82) is 0 Å². The highest BCUT2D eigenvalue weighted by Gasteiger charge is 2.28. The minimum Gasteiger partial charge on any atom is -0.355 e. The van der Waals surface area contributed by atoms with Crippen LogP contribution >= 0.6 is 23.2 Å². The molecule has 3 rings (SSSR count). The second-order valence-electron chi connectivity index (χ2n) is 6.51. The number of nitrogens with one attached hydrogen (secondary N) is 1. The van der Waals surface area contributed by atoms with Crippen LogP contribution in [0.3, 0.4) is 0 Å². The molecule has 0 bridgehead atoms. The van der Waals surface area contributed by atoms with Crippen molar-refractivity contribution >= 4 is 29.1 Å². The van der Waals surface area contributed by atoms with Crippen molar-refractivity contribution in [3.63, 3.8) is 0 Å². The zero-order valence-corrected chi connectivity index (χ0v) is 15.9. The van der Waals surface area contributed by atoms with Crippen molar-refractivity contribution in [1.82, 2.24) is 14.8 Å². The standard InChI is InChI=1S/C19H23Cl2N3O/c1-23-10-2-4-17(23)18-5-3-11-24(18)13-19(25)22-9-8-14-6-7-15(20)12-16(14)21/h2,4,6-7,10,12,18H,3,5,8-9,11,13H2,1H3,(H,22,25)/t18-/m0/s1. The molecular weight excluding hydrogens is 357 g/mol. The summed E-state index contributed by atoms with van der Waals surface area (Å²) in [5, 5.41) is 4.27. The van der Waals surface area contributed by atoms with E-state index in [1.165, 1.54) is 5.69 Å². The summed E-state index contributed by atoms with van der Waals surface area (Å²) in [5.41, 5.74) is 2.27. The molecule has 1 N–H and O–H groups in total. The maximum Gasteiger partial charge on any atom is 0.234 e. The van der Waals surface area contributed by atoms with Gasteiger partial charge in [-0.2, -0.15) is 0 Å². The highest BCUT2D eigenvalue weighted by molar-refractivity contribution is 6.35. The summed E-state index contributed by atoms with van der Waals surface area (Å²) in [5.74, 6) is 0.0613. The van der Waals surface area contributed by atoms with Crippen LogP contribution in [0.5, 0.6) is 0 Å². The number of halogens is 2. The Morgan fingerprint density at radius 1 is 1.32 bits per heavy atom. The number of likely N-dealkylation sites (tertiary alicyclic amines) is 1. The van der Waals surface area contributed by atoms with Crippen LogP contribution in [0.4, 0.5) is 0 Å². The van der Waals surface area contributed by atoms with Gasteiger partial charge in [-0.3, -0.25) is 9.69 Å². The summed E-state index contributed by atoms with van der Waals surface area (Å²) in [7, 11) is 2.06. The molecule has 0 aliphatic carbocycles. The number of carbonyl (C=O) groups is 1. The molecule has 1 atom stereocenters. The first kappa shape index (κ1) is 18.3. The molecule has 2 aromatic rings. The van der Waals surface area contributed by atoms with E-state index < -0.39 is 0 Å².